The fourth-order valence-corrected chi connectivity index (χ4v) is 4.12. The van der Waals surface area contributed by atoms with Gasteiger partial charge in [0.1, 0.15) is 5.78 Å². The Labute approximate surface area is 160 Å². The molecular formula is C22H40O4. The third-order valence-electron chi connectivity index (χ3n) is 5.71. The summed E-state index contributed by atoms with van der Waals surface area (Å²) in [6.45, 7) is 4.46. The largest absolute Gasteiger partial charge is 0.466 e. The van der Waals surface area contributed by atoms with Crippen molar-refractivity contribution in [2.45, 2.75) is 110 Å². The highest BCUT2D eigenvalue weighted by Crippen LogP contribution is 2.36. The first-order valence-electron chi connectivity index (χ1n) is 10.9. The molecule has 1 unspecified atom stereocenters. The number of carbonyl (C=O) groups is 2. The van der Waals surface area contributed by atoms with E-state index in [-0.39, 0.29) is 18.0 Å². The maximum atomic E-state index is 12.2. The van der Waals surface area contributed by atoms with E-state index in [0.29, 0.717) is 24.7 Å². The number of aliphatic hydroxyl groups is 1. The lowest BCUT2D eigenvalue weighted by Gasteiger charge is -2.20. The molecule has 1 N–H and O–H groups in total. The summed E-state index contributed by atoms with van der Waals surface area (Å²) < 4.78 is 4.93. The molecule has 4 heteroatoms. The smallest absolute Gasteiger partial charge is 0.305 e. The van der Waals surface area contributed by atoms with Crippen LogP contribution in [0.2, 0.25) is 0 Å². The van der Waals surface area contributed by atoms with Crippen LogP contribution < -0.4 is 0 Å². The van der Waals surface area contributed by atoms with Gasteiger partial charge in [0.25, 0.3) is 0 Å². The number of ketones is 1. The first kappa shape index (κ1) is 23.1. The van der Waals surface area contributed by atoms with E-state index < -0.39 is 0 Å². The van der Waals surface area contributed by atoms with Gasteiger partial charge >= 0.3 is 5.97 Å². The Balaban J connectivity index is 2.16. The van der Waals surface area contributed by atoms with Gasteiger partial charge in [-0.3, -0.25) is 9.59 Å². The number of ether oxygens (including phenoxy) is 1. The predicted octanol–water partition coefficient (Wildman–Crippen LogP) is 5.21. The summed E-state index contributed by atoms with van der Waals surface area (Å²) in [5.41, 5.74) is 0. The summed E-state index contributed by atoms with van der Waals surface area (Å²) in [7, 11) is 0. The average molecular weight is 369 g/mol. The molecule has 1 rings (SSSR count). The van der Waals surface area contributed by atoms with Gasteiger partial charge < -0.3 is 9.84 Å². The number of rotatable bonds is 15. The highest BCUT2D eigenvalue weighted by atomic mass is 16.5. The maximum absolute atomic E-state index is 12.2. The summed E-state index contributed by atoms with van der Waals surface area (Å²) >= 11 is 0. The average Bonchev–Trinajstić information content (AvgIpc) is 2.96. The van der Waals surface area contributed by atoms with Crippen molar-refractivity contribution >= 4 is 11.8 Å². The second-order valence-electron chi connectivity index (χ2n) is 7.86. The quantitative estimate of drug-likeness (QED) is 0.318. The molecule has 0 radical (unpaired) electrons. The Bertz CT molecular complexity index is 394. The Hall–Kier alpha value is -0.900. The molecule has 1 fully saturated rings. The van der Waals surface area contributed by atoms with E-state index in [9.17, 15) is 14.7 Å². The lowest BCUT2D eigenvalue weighted by atomic mass is 9.86. The predicted molar refractivity (Wildman–Crippen MR) is 105 cm³/mol. The molecule has 0 aromatic carbocycles. The molecule has 0 aliphatic heterocycles. The van der Waals surface area contributed by atoms with E-state index >= 15 is 0 Å². The molecule has 0 heterocycles. The summed E-state index contributed by atoms with van der Waals surface area (Å²) in [5.74, 6) is 1.02. The molecule has 0 bridgehead atoms. The van der Waals surface area contributed by atoms with Crippen molar-refractivity contribution in [2.75, 3.05) is 6.61 Å². The number of esters is 1. The van der Waals surface area contributed by atoms with Gasteiger partial charge in [-0.25, -0.2) is 0 Å². The van der Waals surface area contributed by atoms with E-state index in [0.717, 1.165) is 70.6 Å². The van der Waals surface area contributed by atoms with Crippen LogP contribution in [-0.2, 0) is 14.3 Å². The molecule has 26 heavy (non-hydrogen) atoms. The van der Waals surface area contributed by atoms with Crippen LogP contribution in [0.25, 0.3) is 0 Å². The van der Waals surface area contributed by atoms with Gasteiger partial charge in [-0.15, -0.1) is 0 Å². The first-order chi connectivity index (χ1) is 12.6. The number of hydrogen-bond acceptors (Lipinski definition) is 4. The molecule has 0 amide bonds. The van der Waals surface area contributed by atoms with Gasteiger partial charge in [0.15, 0.2) is 0 Å². The zero-order chi connectivity index (χ0) is 19.2. The normalized spacial score (nSPS) is 21.1. The second-order valence-corrected chi connectivity index (χ2v) is 7.86. The van der Waals surface area contributed by atoms with Crippen molar-refractivity contribution < 1.29 is 19.4 Å². The third kappa shape index (κ3) is 9.70. The molecule has 1 aliphatic rings. The van der Waals surface area contributed by atoms with E-state index in [1.165, 1.54) is 12.8 Å². The van der Waals surface area contributed by atoms with Crippen LogP contribution in [0, 0.1) is 11.8 Å². The van der Waals surface area contributed by atoms with E-state index in [1.54, 1.807) is 0 Å². The summed E-state index contributed by atoms with van der Waals surface area (Å²) in [6, 6.07) is 0. The van der Waals surface area contributed by atoms with Gasteiger partial charge in [0.2, 0.25) is 0 Å². The van der Waals surface area contributed by atoms with Crippen LogP contribution >= 0.6 is 0 Å². The molecule has 0 aromatic heterocycles. The zero-order valence-corrected chi connectivity index (χ0v) is 17.0. The van der Waals surface area contributed by atoms with Gasteiger partial charge in [-0.2, -0.15) is 0 Å². The zero-order valence-electron chi connectivity index (χ0n) is 17.0. The minimum Gasteiger partial charge on any atom is -0.466 e. The minimum atomic E-state index is -0.194. The number of Topliss-reactive ketones (excluding diaryl/α,β-unsaturated/α-hetero) is 1. The fourth-order valence-electron chi connectivity index (χ4n) is 4.12. The number of unbranched alkanes of at least 4 members (excludes halogenated alkanes) is 5. The molecule has 1 aliphatic carbocycles. The molecule has 4 nitrogen and oxygen atoms in total. The molecule has 1 saturated carbocycles. The van der Waals surface area contributed by atoms with Crippen LogP contribution in [0.4, 0.5) is 0 Å². The monoisotopic (exact) mass is 368 g/mol. The Morgan fingerprint density at radius 2 is 1.85 bits per heavy atom. The molecule has 0 aromatic rings. The van der Waals surface area contributed by atoms with Gasteiger partial charge in [0.05, 0.1) is 12.7 Å². The topological polar surface area (TPSA) is 63.6 Å². The summed E-state index contributed by atoms with van der Waals surface area (Å²) in [5, 5.41) is 10.1. The van der Waals surface area contributed by atoms with Crippen LogP contribution in [0.1, 0.15) is 104 Å². The minimum absolute atomic E-state index is 0.101. The van der Waals surface area contributed by atoms with Crippen LogP contribution in [0.3, 0.4) is 0 Å². The summed E-state index contributed by atoms with van der Waals surface area (Å²) in [4.78, 5) is 23.5. The lowest BCUT2D eigenvalue weighted by molar-refractivity contribution is -0.143. The Kier molecular flexibility index (Phi) is 12.6. The number of hydrogen-bond donors (Lipinski definition) is 1. The first-order valence-corrected chi connectivity index (χ1v) is 10.9. The Morgan fingerprint density at radius 3 is 2.58 bits per heavy atom. The van der Waals surface area contributed by atoms with Gasteiger partial charge in [-0.05, 0) is 51.4 Å². The number of carbonyl (C=O) groups excluding carboxylic acids is 2. The van der Waals surface area contributed by atoms with Crippen LogP contribution in [-0.4, -0.2) is 29.6 Å². The SMILES string of the molecule is CCCCCC(O)CC[C@H]1CCC(=O)[C@@H]1CCCCCCC(=O)OCC. The van der Waals surface area contributed by atoms with Crippen LogP contribution in [0.15, 0.2) is 0 Å². The van der Waals surface area contributed by atoms with E-state index in [2.05, 4.69) is 6.92 Å². The second kappa shape index (κ2) is 14.2. The number of aliphatic hydroxyl groups excluding tert-OH is 1. The molecule has 0 saturated heterocycles. The van der Waals surface area contributed by atoms with Crippen molar-refractivity contribution in [3.63, 3.8) is 0 Å². The van der Waals surface area contributed by atoms with Crippen molar-refractivity contribution in [1.29, 1.82) is 0 Å². The lowest BCUT2D eigenvalue weighted by Crippen LogP contribution is -2.17. The van der Waals surface area contributed by atoms with Crippen molar-refractivity contribution in [1.82, 2.24) is 0 Å². The van der Waals surface area contributed by atoms with Gasteiger partial charge in [0, 0.05) is 18.8 Å². The molecule has 0 spiro atoms. The van der Waals surface area contributed by atoms with Gasteiger partial charge in [-0.1, -0.05) is 45.4 Å². The van der Waals surface area contributed by atoms with Crippen molar-refractivity contribution in [3.8, 4) is 0 Å². The fraction of sp³-hybridized carbons (Fsp3) is 0.909. The Morgan fingerprint density at radius 1 is 1.08 bits per heavy atom. The van der Waals surface area contributed by atoms with E-state index in [1.807, 2.05) is 6.92 Å². The molecule has 152 valence electrons. The van der Waals surface area contributed by atoms with Crippen molar-refractivity contribution in [3.05, 3.63) is 0 Å². The summed E-state index contributed by atoms with van der Waals surface area (Å²) in [6.07, 6.45) is 13.3. The highest BCUT2D eigenvalue weighted by Gasteiger charge is 2.33. The van der Waals surface area contributed by atoms with Crippen LogP contribution in [0.5, 0.6) is 0 Å². The molecular weight excluding hydrogens is 328 g/mol. The standard InChI is InChI=1S/C22H40O4/c1-3-5-8-11-19(23)16-14-18-15-17-21(24)20(18)12-9-6-7-10-13-22(25)26-4-2/h18-20,23H,3-17H2,1-2H3/t18-,19?,20+/m0/s1. The van der Waals surface area contributed by atoms with E-state index in [4.69, 9.17) is 4.74 Å². The highest BCUT2D eigenvalue weighted by molar-refractivity contribution is 5.83. The van der Waals surface area contributed by atoms with Crippen molar-refractivity contribution in [2.24, 2.45) is 11.8 Å². The molecule has 3 atom stereocenters. The maximum Gasteiger partial charge on any atom is 0.305 e. The third-order valence-corrected chi connectivity index (χ3v) is 5.71.